The van der Waals surface area contributed by atoms with Gasteiger partial charge in [-0.1, -0.05) is 30.3 Å². The molecule has 0 aliphatic rings. The molecule has 2 N–H and O–H groups in total. The summed E-state index contributed by atoms with van der Waals surface area (Å²) >= 11 is 0. The van der Waals surface area contributed by atoms with Crippen molar-refractivity contribution in [3.8, 4) is 17.1 Å². The molecule has 0 bridgehead atoms. The number of nitrogens with one attached hydrogen (secondary N) is 2. The molecule has 0 aliphatic heterocycles. The van der Waals surface area contributed by atoms with E-state index in [9.17, 15) is 0 Å². The van der Waals surface area contributed by atoms with Gasteiger partial charge in [0.15, 0.2) is 5.96 Å². The summed E-state index contributed by atoms with van der Waals surface area (Å²) in [6, 6.07) is 17.9. The third kappa shape index (κ3) is 4.67. The smallest absolute Gasteiger partial charge is 0.226 e. The van der Waals surface area contributed by atoms with Crippen LogP contribution < -0.4 is 10.6 Å². The molecule has 0 spiro atoms. The predicted molar refractivity (Wildman–Crippen MR) is 110 cm³/mol. The van der Waals surface area contributed by atoms with Gasteiger partial charge in [-0.25, -0.2) is 14.6 Å². The SMILES string of the molecule is CN=C(NCc1ccc(-n2cncn2)cc1)NCc1coc(-c2ccccc2)n1. The average Bonchev–Trinajstić information content (AvgIpc) is 3.47. The highest BCUT2D eigenvalue weighted by Gasteiger charge is 2.07. The molecule has 8 nitrogen and oxygen atoms in total. The van der Waals surface area contributed by atoms with E-state index in [-0.39, 0.29) is 0 Å². The van der Waals surface area contributed by atoms with Crippen LogP contribution in [0.1, 0.15) is 11.3 Å². The monoisotopic (exact) mass is 387 g/mol. The zero-order valence-corrected chi connectivity index (χ0v) is 16.0. The van der Waals surface area contributed by atoms with Crippen molar-refractivity contribution in [1.82, 2.24) is 30.4 Å². The van der Waals surface area contributed by atoms with Crippen LogP contribution in [0.15, 0.2) is 82.9 Å². The maximum Gasteiger partial charge on any atom is 0.226 e. The van der Waals surface area contributed by atoms with E-state index >= 15 is 0 Å². The Morgan fingerprint density at radius 2 is 1.83 bits per heavy atom. The summed E-state index contributed by atoms with van der Waals surface area (Å²) in [4.78, 5) is 12.7. The van der Waals surface area contributed by atoms with E-state index in [4.69, 9.17) is 4.42 Å². The van der Waals surface area contributed by atoms with E-state index in [1.165, 1.54) is 6.33 Å². The molecule has 0 fully saturated rings. The fourth-order valence-corrected chi connectivity index (χ4v) is 2.79. The van der Waals surface area contributed by atoms with Crippen LogP contribution in [-0.2, 0) is 13.1 Å². The summed E-state index contributed by atoms with van der Waals surface area (Å²) in [6.45, 7) is 1.16. The third-order valence-electron chi connectivity index (χ3n) is 4.31. The molecule has 0 amide bonds. The van der Waals surface area contributed by atoms with E-state index in [2.05, 4.69) is 30.7 Å². The second kappa shape index (κ2) is 8.83. The molecule has 8 heteroatoms. The van der Waals surface area contributed by atoms with Crippen molar-refractivity contribution in [2.24, 2.45) is 4.99 Å². The lowest BCUT2D eigenvalue weighted by atomic mass is 10.2. The highest BCUT2D eigenvalue weighted by atomic mass is 16.3. The first-order valence-corrected chi connectivity index (χ1v) is 9.20. The molecule has 0 atom stereocenters. The van der Waals surface area contributed by atoms with Crippen LogP contribution in [-0.4, -0.2) is 32.8 Å². The van der Waals surface area contributed by atoms with Gasteiger partial charge in [-0.15, -0.1) is 0 Å². The first-order valence-electron chi connectivity index (χ1n) is 9.20. The zero-order valence-electron chi connectivity index (χ0n) is 16.0. The third-order valence-corrected chi connectivity index (χ3v) is 4.31. The first kappa shape index (κ1) is 18.4. The lowest BCUT2D eigenvalue weighted by molar-refractivity contribution is 0.572. The van der Waals surface area contributed by atoms with Gasteiger partial charge in [0.05, 0.1) is 17.9 Å². The second-order valence-electron chi connectivity index (χ2n) is 6.30. The molecule has 4 rings (SSSR count). The minimum absolute atomic E-state index is 0.515. The van der Waals surface area contributed by atoms with Crippen molar-refractivity contribution in [1.29, 1.82) is 0 Å². The number of oxazole rings is 1. The largest absolute Gasteiger partial charge is 0.444 e. The molecule has 0 unspecified atom stereocenters. The first-order chi connectivity index (χ1) is 14.3. The number of hydrogen-bond acceptors (Lipinski definition) is 5. The Kier molecular flexibility index (Phi) is 5.61. The molecule has 0 saturated heterocycles. The van der Waals surface area contributed by atoms with Gasteiger partial charge in [-0.2, -0.15) is 5.10 Å². The number of rotatable bonds is 6. The summed E-state index contributed by atoms with van der Waals surface area (Å²) < 4.78 is 7.29. The number of aromatic nitrogens is 4. The van der Waals surface area contributed by atoms with Gasteiger partial charge < -0.3 is 15.1 Å². The summed E-state index contributed by atoms with van der Waals surface area (Å²) in [5.74, 6) is 1.30. The number of nitrogens with zero attached hydrogens (tertiary/aromatic N) is 5. The van der Waals surface area contributed by atoms with Crippen molar-refractivity contribution >= 4 is 5.96 Å². The Morgan fingerprint density at radius 3 is 2.55 bits per heavy atom. The zero-order chi connectivity index (χ0) is 19.9. The molecule has 2 aromatic carbocycles. The van der Waals surface area contributed by atoms with Crippen LogP contribution >= 0.6 is 0 Å². The molecule has 0 aliphatic carbocycles. The molecular formula is C21H21N7O. The lowest BCUT2D eigenvalue weighted by Crippen LogP contribution is -2.36. The highest BCUT2D eigenvalue weighted by molar-refractivity contribution is 5.79. The van der Waals surface area contributed by atoms with Crippen LogP contribution in [0.3, 0.4) is 0 Å². The molecule has 2 aromatic heterocycles. The van der Waals surface area contributed by atoms with Crippen LogP contribution in [0.25, 0.3) is 17.1 Å². The van der Waals surface area contributed by atoms with Crippen LogP contribution in [0.5, 0.6) is 0 Å². The van der Waals surface area contributed by atoms with E-state index in [1.807, 2.05) is 54.6 Å². The Labute approximate surface area is 168 Å². The second-order valence-corrected chi connectivity index (χ2v) is 6.30. The molecule has 0 saturated carbocycles. The van der Waals surface area contributed by atoms with Crippen molar-refractivity contribution in [3.05, 3.63) is 84.8 Å². The summed E-state index contributed by atoms with van der Waals surface area (Å²) in [7, 11) is 1.74. The highest BCUT2D eigenvalue weighted by Crippen LogP contribution is 2.17. The maximum atomic E-state index is 5.56. The number of guanidine groups is 1. The van der Waals surface area contributed by atoms with Gasteiger partial charge in [0.25, 0.3) is 0 Å². The van der Waals surface area contributed by atoms with E-state index in [1.54, 1.807) is 24.3 Å². The van der Waals surface area contributed by atoms with Crippen molar-refractivity contribution in [2.75, 3.05) is 7.05 Å². The predicted octanol–water partition coefficient (Wildman–Crippen LogP) is 2.79. The topological polar surface area (TPSA) is 93.2 Å². The maximum absolute atomic E-state index is 5.56. The average molecular weight is 387 g/mol. The molecular weight excluding hydrogens is 366 g/mol. The fourth-order valence-electron chi connectivity index (χ4n) is 2.79. The van der Waals surface area contributed by atoms with Gasteiger partial charge in [0, 0.05) is 19.2 Å². The summed E-state index contributed by atoms with van der Waals surface area (Å²) in [5.41, 5.74) is 3.86. The summed E-state index contributed by atoms with van der Waals surface area (Å²) in [6.07, 6.45) is 4.85. The number of hydrogen-bond donors (Lipinski definition) is 2. The van der Waals surface area contributed by atoms with Gasteiger partial charge in [-0.3, -0.25) is 4.99 Å². The Hall–Kier alpha value is -3.94. The normalized spacial score (nSPS) is 11.4. The van der Waals surface area contributed by atoms with Crippen LogP contribution in [0.2, 0.25) is 0 Å². The van der Waals surface area contributed by atoms with E-state index in [0.29, 0.717) is 24.9 Å². The molecule has 146 valence electrons. The Morgan fingerprint density at radius 1 is 1.03 bits per heavy atom. The van der Waals surface area contributed by atoms with Crippen LogP contribution in [0, 0.1) is 0 Å². The molecule has 2 heterocycles. The quantitative estimate of drug-likeness (QED) is 0.390. The standard InChI is InChI=1S/C21H21N7O/c1-22-21(24-11-16-7-9-19(10-8-16)28-15-23-14-26-28)25-12-18-13-29-20(27-18)17-5-3-2-4-6-17/h2-10,13-15H,11-12H2,1H3,(H2,22,24,25). The minimum atomic E-state index is 0.515. The fraction of sp³-hybridized carbons (Fsp3) is 0.143. The van der Waals surface area contributed by atoms with Crippen molar-refractivity contribution in [3.63, 3.8) is 0 Å². The Bertz CT molecular complexity index is 1050. The van der Waals surface area contributed by atoms with E-state index < -0.39 is 0 Å². The van der Waals surface area contributed by atoms with Gasteiger partial charge in [0.1, 0.15) is 18.9 Å². The molecule has 4 aromatic rings. The van der Waals surface area contributed by atoms with E-state index in [0.717, 1.165) is 22.5 Å². The lowest BCUT2D eigenvalue weighted by Gasteiger charge is -2.11. The number of benzene rings is 2. The van der Waals surface area contributed by atoms with Gasteiger partial charge in [0.2, 0.25) is 5.89 Å². The molecule has 0 radical (unpaired) electrons. The Balaban J connectivity index is 1.29. The van der Waals surface area contributed by atoms with Crippen molar-refractivity contribution < 1.29 is 4.42 Å². The minimum Gasteiger partial charge on any atom is -0.444 e. The van der Waals surface area contributed by atoms with Crippen molar-refractivity contribution in [2.45, 2.75) is 13.1 Å². The number of aliphatic imine (C=N–C) groups is 1. The summed E-state index contributed by atoms with van der Waals surface area (Å²) in [5, 5.41) is 10.7. The molecule has 29 heavy (non-hydrogen) atoms. The van der Waals surface area contributed by atoms with Gasteiger partial charge >= 0.3 is 0 Å². The van der Waals surface area contributed by atoms with Crippen LogP contribution in [0.4, 0.5) is 0 Å². The van der Waals surface area contributed by atoms with Gasteiger partial charge in [-0.05, 0) is 29.8 Å².